The molecule has 5 nitrogen and oxygen atoms in total. The van der Waals surface area contributed by atoms with Crippen LogP contribution in [0, 0.1) is 5.92 Å². The Bertz CT molecular complexity index is 617. The Morgan fingerprint density at radius 2 is 1.97 bits per heavy atom. The highest BCUT2D eigenvalue weighted by molar-refractivity contribution is 5.97. The number of amides is 1. The molecule has 0 aliphatic carbocycles. The second-order valence-electron chi connectivity index (χ2n) is 8.89. The van der Waals surface area contributed by atoms with Gasteiger partial charge < -0.3 is 14.8 Å². The van der Waals surface area contributed by atoms with E-state index in [2.05, 4.69) is 37.9 Å². The summed E-state index contributed by atoms with van der Waals surface area (Å²) < 4.78 is 11.8. The number of likely N-dealkylation sites (tertiary alicyclic amines) is 1. The van der Waals surface area contributed by atoms with E-state index in [1.807, 2.05) is 31.2 Å². The van der Waals surface area contributed by atoms with Crippen LogP contribution in [-0.4, -0.2) is 48.8 Å². The maximum absolute atomic E-state index is 12.9. The molecule has 1 aliphatic rings. The number of hydrogen-bond acceptors (Lipinski definition) is 4. The monoisotopic (exact) mass is 404 g/mol. The molecule has 0 aromatic heterocycles. The molecule has 1 heterocycles. The fourth-order valence-corrected chi connectivity index (χ4v) is 3.99. The van der Waals surface area contributed by atoms with Crippen molar-refractivity contribution in [1.82, 2.24) is 4.90 Å². The van der Waals surface area contributed by atoms with Gasteiger partial charge in [-0.1, -0.05) is 27.2 Å². The van der Waals surface area contributed by atoms with Crippen LogP contribution in [0.2, 0.25) is 0 Å². The Hall–Kier alpha value is -1.59. The summed E-state index contributed by atoms with van der Waals surface area (Å²) in [6.07, 6.45) is 5.49. The number of piperidine rings is 1. The van der Waals surface area contributed by atoms with E-state index in [1.165, 1.54) is 25.8 Å². The highest BCUT2D eigenvalue weighted by Gasteiger charge is 2.34. The molecule has 5 heteroatoms. The van der Waals surface area contributed by atoms with Crippen LogP contribution in [0.25, 0.3) is 0 Å². The number of nitrogens with zero attached hydrogens (tertiary/aromatic N) is 1. The molecule has 1 fully saturated rings. The summed E-state index contributed by atoms with van der Waals surface area (Å²) in [6, 6.07) is 8.28. The van der Waals surface area contributed by atoms with Gasteiger partial charge in [-0.2, -0.15) is 0 Å². The molecule has 0 spiro atoms. The first kappa shape index (κ1) is 23.7. The van der Waals surface area contributed by atoms with Gasteiger partial charge in [0, 0.05) is 24.9 Å². The van der Waals surface area contributed by atoms with Gasteiger partial charge in [-0.05, 0) is 76.3 Å². The van der Waals surface area contributed by atoms with E-state index in [9.17, 15) is 4.79 Å². The first-order chi connectivity index (χ1) is 13.8. The number of carbonyl (C=O) groups excluding carboxylic acids is 1. The van der Waals surface area contributed by atoms with E-state index in [-0.39, 0.29) is 5.91 Å². The number of rotatable bonds is 11. The molecule has 1 amide bonds. The molecule has 2 rings (SSSR count). The van der Waals surface area contributed by atoms with Crippen LogP contribution in [0.5, 0.6) is 5.75 Å². The summed E-state index contributed by atoms with van der Waals surface area (Å²) in [7, 11) is 0. The van der Waals surface area contributed by atoms with Gasteiger partial charge in [-0.15, -0.1) is 0 Å². The Balaban J connectivity index is 1.85. The Labute approximate surface area is 177 Å². The first-order valence-electron chi connectivity index (χ1n) is 11.3. The normalized spacial score (nSPS) is 19.7. The van der Waals surface area contributed by atoms with Gasteiger partial charge >= 0.3 is 0 Å². The number of hydrogen-bond donors (Lipinski definition) is 1. The minimum atomic E-state index is -0.815. The lowest BCUT2D eigenvalue weighted by Gasteiger charge is -2.33. The van der Waals surface area contributed by atoms with Crippen LogP contribution in [0.1, 0.15) is 66.7 Å². The first-order valence-corrected chi connectivity index (χ1v) is 11.3. The molecular weight excluding hydrogens is 364 g/mol. The fraction of sp³-hybridized carbons (Fsp3) is 0.708. The lowest BCUT2D eigenvalue weighted by atomic mass is 9.93. The average Bonchev–Trinajstić information content (AvgIpc) is 2.68. The predicted molar refractivity (Wildman–Crippen MR) is 120 cm³/mol. The van der Waals surface area contributed by atoms with E-state index >= 15 is 0 Å². The molecule has 1 aromatic rings. The van der Waals surface area contributed by atoms with Crippen LogP contribution < -0.4 is 10.1 Å². The van der Waals surface area contributed by atoms with Crippen molar-refractivity contribution in [2.24, 2.45) is 5.92 Å². The van der Waals surface area contributed by atoms with E-state index < -0.39 is 5.60 Å². The quantitative estimate of drug-likeness (QED) is 0.557. The largest absolute Gasteiger partial charge is 0.492 e. The standard InChI is InChI=1S/C24H40N2O3/c1-6-16-29-24(5,18-19(2)3)23(27)25-21-10-12-22(13-11-21)28-17-15-26-14-8-7-9-20(26)4/h10-13,19-20H,6-9,14-18H2,1-5H3,(H,25,27)/t20-,24+/m0/s1. The molecule has 164 valence electrons. The highest BCUT2D eigenvalue weighted by atomic mass is 16.5. The predicted octanol–water partition coefficient (Wildman–Crippen LogP) is 5.11. The average molecular weight is 405 g/mol. The maximum atomic E-state index is 12.9. The van der Waals surface area contributed by atoms with Gasteiger partial charge in [-0.25, -0.2) is 0 Å². The Morgan fingerprint density at radius 1 is 1.24 bits per heavy atom. The van der Waals surface area contributed by atoms with Crippen molar-refractivity contribution in [2.75, 3.05) is 31.6 Å². The molecule has 1 N–H and O–H groups in total. The zero-order valence-corrected chi connectivity index (χ0v) is 19.0. The van der Waals surface area contributed by atoms with Crippen molar-refractivity contribution < 1.29 is 14.3 Å². The summed E-state index contributed by atoms with van der Waals surface area (Å²) in [5.41, 5.74) is -0.0492. The molecule has 1 saturated heterocycles. The van der Waals surface area contributed by atoms with Crippen molar-refractivity contribution in [1.29, 1.82) is 0 Å². The van der Waals surface area contributed by atoms with Crippen LogP contribution in [0.15, 0.2) is 24.3 Å². The van der Waals surface area contributed by atoms with Gasteiger partial charge in [-0.3, -0.25) is 9.69 Å². The molecule has 0 saturated carbocycles. The lowest BCUT2D eigenvalue weighted by molar-refractivity contribution is -0.141. The van der Waals surface area contributed by atoms with E-state index in [0.717, 1.165) is 24.4 Å². The molecular formula is C24H40N2O3. The minimum absolute atomic E-state index is 0.0904. The molecule has 29 heavy (non-hydrogen) atoms. The minimum Gasteiger partial charge on any atom is -0.492 e. The van der Waals surface area contributed by atoms with E-state index in [0.29, 0.717) is 31.6 Å². The molecule has 0 radical (unpaired) electrons. The van der Waals surface area contributed by atoms with Crippen LogP contribution >= 0.6 is 0 Å². The van der Waals surface area contributed by atoms with Crippen LogP contribution in [0.3, 0.4) is 0 Å². The summed E-state index contributed by atoms with van der Waals surface area (Å²) in [5.74, 6) is 1.12. The van der Waals surface area contributed by atoms with Crippen molar-refractivity contribution in [3.63, 3.8) is 0 Å². The summed E-state index contributed by atoms with van der Waals surface area (Å²) in [5, 5.41) is 3.01. The van der Waals surface area contributed by atoms with Crippen molar-refractivity contribution in [3.8, 4) is 5.75 Å². The SMILES string of the molecule is CCCO[C@](C)(CC(C)C)C(=O)Nc1ccc(OCCN2CCCC[C@@H]2C)cc1. The summed E-state index contributed by atoms with van der Waals surface area (Å²) >= 11 is 0. The van der Waals surface area contributed by atoms with Gasteiger partial charge in [0.2, 0.25) is 0 Å². The van der Waals surface area contributed by atoms with Crippen molar-refractivity contribution in [3.05, 3.63) is 24.3 Å². The number of anilines is 1. The third-order valence-corrected chi connectivity index (χ3v) is 5.60. The number of ether oxygens (including phenoxy) is 2. The zero-order valence-electron chi connectivity index (χ0n) is 19.0. The second-order valence-corrected chi connectivity index (χ2v) is 8.89. The molecule has 1 aromatic carbocycles. The van der Waals surface area contributed by atoms with Crippen LogP contribution in [-0.2, 0) is 9.53 Å². The third-order valence-electron chi connectivity index (χ3n) is 5.60. The highest BCUT2D eigenvalue weighted by Crippen LogP contribution is 2.25. The lowest BCUT2D eigenvalue weighted by Crippen LogP contribution is -2.44. The van der Waals surface area contributed by atoms with Gasteiger partial charge in [0.25, 0.3) is 5.91 Å². The van der Waals surface area contributed by atoms with E-state index in [4.69, 9.17) is 9.47 Å². The summed E-state index contributed by atoms with van der Waals surface area (Å²) in [6.45, 7) is 13.9. The molecule has 0 bridgehead atoms. The topological polar surface area (TPSA) is 50.8 Å². The maximum Gasteiger partial charge on any atom is 0.256 e. The van der Waals surface area contributed by atoms with Crippen molar-refractivity contribution in [2.45, 2.75) is 78.4 Å². The van der Waals surface area contributed by atoms with Gasteiger partial charge in [0.05, 0.1) is 0 Å². The van der Waals surface area contributed by atoms with Crippen molar-refractivity contribution >= 4 is 11.6 Å². The third kappa shape index (κ3) is 7.63. The van der Waals surface area contributed by atoms with Gasteiger partial charge in [0.1, 0.15) is 18.0 Å². The molecule has 2 atom stereocenters. The van der Waals surface area contributed by atoms with Crippen LogP contribution in [0.4, 0.5) is 5.69 Å². The second kappa shape index (κ2) is 11.6. The number of carbonyl (C=O) groups is 1. The molecule has 0 unspecified atom stereocenters. The Morgan fingerprint density at radius 3 is 2.59 bits per heavy atom. The zero-order chi connectivity index (χ0) is 21.3. The number of benzene rings is 1. The van der Waals surface area contributed by atoms with Gasteiger partial charge in [0.15, 0.2) is 0 Å². The molecule has 1 aliphatic heterocycles. The number of nitrogens with one attached hydrogen (secondary N) is 1. The summed E-state index contributed by atoms with van der Waals surface area (Å²) in [4.78, 5) is 15.4. The van der Waals surface area contributed by atoms with E-state index in [1.54, 1.807) is 0 Å². The fourth-order valence-electron chi connectivity index (χ4n) is 3.99. The Kier molecular flexibility index (Phi) is 9.44. The smallest absolute Gasteiger partial charge is 0.256 e.